The summed E-state index contributed by atoms with van der Waals surface area (Å²) >= 11 is 0. The zero-order chi connectivity index (χ0) is 22.1. The van der Waals surface area contributed by atoms with Crippen molar-refractivity contribution in [2.45, 2.75) is 0 Å². The Morgan fingerprint density at radius 1 is 0.969 bits per heavy atom. The van der Waals surface area contributed by atoms with E-state index in [2.05, 4.69) is 10.3 Å². The van der Waals surface area contributed by atoms with Gasteiger partial charge < -0.3 is 14.6 Å². The number of carbonyl (C=O) groups is 1. The van der Waals surface area contributed by atoms with Crippen molar-refractivity contribution >= 4 is 40.8 Å². The van der Waals surface area contributed by atoms with Gasteiger partial charge in [-0.25, -0.2) is 4.98 Å². The predicted molar refractivity (Wildman–Crippen MR) is 123 cm³/mol. The molecule has 0 saturated heterocycles. The van der Waals surface area contributed by atoms with Crippen LogP contribution in [-0.4, -0.2) is 20.4 Å². The highest BCUT2D eigenvalue weighted by Gasteiger charge is 2.29. The third kappa shape index (κ3) is 3.64. The Bertz CT molecular complexity index is 1420. The third-order valence-electron chi connectivity index (χ3n) is 5.05. The molecule has 0 aliphatic carbocycles. The Hall–Kier alpha value is -3.93. The molecule has 3 aromatic carbocycles. The lowest BCUT2D eigenvalue weighted by Crippen LogP contribution is -2.24. The van der Waals surface area contributed by atoms with Gasteiger partial charge in [0.1, 0.15) is 5.58 Å². The number of hydrogen-bond donors (Lipinski definition) is 2. The van der Waals surface area contributed by atoms with Crippen molar-refractivity contribution in [3.8, 4) is 5.69 Å². The maximum atomic E-state index is 13.1. The minimum absolute atomic E-state index is 0.0581. The molecule has 7 nitrogen and oxygen atoms in total. The summed E-state index contributed by atoms with van der Waals surface area (Å²) in [6.07, 6.45) is 3.11. The molecular weight excluding hydrogens is 425 g/mol. The number of rotatable bonds is 5. The predicted octanol–water partition coefficient (Wildman–Crippen LogP) is 4.09. The van der Waals surface area contributed by atoms with Crippen molar-refractivity contribution in [2.24, 2.45) is 0 Å². The molecule has 2 aromatic heterocycles. The Balaban J connectivity index is 1.38. The number of imidazole rings is 1. The zero-order valence-electron chi connectivity index (χ0n) is 16.8. The standard InChI is InChI=1S/C24H18N3O4P/c28-23(22-16-17-6-4-5-9-21(17)31-22)26-18-10-12-19(13-11-18)27-15-14-25-24(27)32(29,30)20-7-2-1-3-8-20/h1-16H,(H,26,28)(H,29,30). The molecule has 5 rings (SSSR count). The Morgan fingerprint density at radius 2 is 1.69 bits per heavy atom. The van der Waals surface area contributed by atoms with E-state index in [4.69, 9.17) is 4.42 Å². The van der Waals surface area contributed by atoms with Gasteiger partial charge in [-0.2, -0.15) is 0 Å². The van der Waals surface area contributed by atoms with Gasteiger partial charge in [0.2, 0.25) is 5.57 Å². The quantitative estimate of drug-likeness (QED) is 0.399. The summed E-state index contributed by atoms with van der Waals surface area (Å²) in [4.78, 5) is 27.4. The van der Waals surface area contributed by atoms with Crippen LogP contribution in [0, 0.1) is 0 Å². The second kappa shape index (κ2) is 7.96. The van der Waals surface area contributed by atoms with E-state index in [1.807, 2.05) is 18.2 Å². The summed E-state index contributed by atoms with van der Waals surface area (Å²) in [5.74, 6) is -0.141. The lowest BCUT2D eigenvalue weighted by Gasteiger charge is -2.14. The molecule has 1 atom stereocenters. The molecule has 0 aliphatic heterocycles. The zero-order valence-corrected chi connectivity index (χ0v) is 17.6. The number of nitrogens with zero attached hydrogens (tertiary/aromatic N) is 2. The van der Waals surface area contributed by atoms with Crippen LogP contribution in [0.3, 0.4) is 0 Å². The number of amides is 1. The smallest absolute Gasteiger partial charge is 0.293 e. The summed E-state index contributed by atoms with van der Waals surface area (Å²) in [6, 6.07) is 24.4. The molecule has 0 saturated carbocycles. The van der Waals surface area contributed by atoms with Crippen LogP contribution >= 0.6 is 7.37 Å². The highest BCUT2D eigenvalue weighted by atomic mass is 31.2. The van der Waals surface area contributed by atoms with Gasteiger partial charge in [0.25, 0.3) is 13.3 Å². The van der Waals surface area contributed by atoms with E-state index in [0.717, 1.165) is 5.39 Å². The van der Waals surface area contributed by atoms with Crippen LogP contribution in [0.4, 0.5) is 5.69 Å². The van der Waals surface area contributed by atoms with Gasteiger partial charge >= 0.3 is 0 Å². The van der Waals surface area contributed by atoms with E-state index in [1.54, 1.807) is 77.5 Å². The maximum Gasteiger partial charge on any atom is 0.293 e. The molecule has 0 aliphatic rings. The molecule has 158 valence electrons. The number of nitrogens with one attached hydrogen (secondary N) is 1. The average molecular weight is 443 g/mol. The van der Waals surface area contributed by atoms with Gasteiger partial charge in [0.15, 0.2) is 5.76 Å². The molecule has 1 amide bonds. The summed E-state index contributed by atoms with van der Waals surface area (Å²) in [5.41, 5.74) is 1.91. The molecule has 0 spiro atoms. The van der Waals surface area contributed by atoms with E-state index in [9.17, 15) is 14.3 Å². The largest absolute Gasteiger partial charge is 0.451 e. The highest BCUT2D eigenvalue weighted by molar-refractivity contribution is 7.73. The monoisotopic (exact) mass is 443 g/mol. The van der Waals surface area contributed by atoms with Crippen molar-refractivity contribution in [3.05, 3.63) is 103 Å². The minimum Gasteiger partial charge on any atom is -0.451 e. The normalized spacial score (nSPS) is 13.0. The molecule has 0 bridgehead atoms. The lowest BCUT2D eigenvalue weighted by molar-refractivity contribution is 0.0998. The summed E-state index contributed by atoms with van der Waals surface area (Å²) in [5, 5.41) is 3.96. The van der Waals surface area contributed by atoms with Gasteiger partial charge in [-0.05, 0) is 48.5 Å². The number of aromatic nitrogens is 2. The van der Waals surface area contributed by atoms with Gasteiger partial charge in [0, 0.05) is 34.5 Å². The fourth-order valence-electron chi connectivity index (χ4n) is 3.46. The molecule has 2 heterocycles. The van der Waals surface area contributed by atoms with Gasteiger partial charge in [-0.3, -0.25) is 13.9 Å². The number of anilines is 1. The van der Waals surface area contributed by atoms with Crippen molar-refractivity contribution in [1.82, 2.24) is 9.55 Å². The van der Waals surface area contributed by atoms with Crippen LogP contribution in [0.2, 0.25) is 0 Å². The molecule has 0 fully saturated rings. The number of fused-ring (bicyclic) bond motifs is 1. The van der Waals surface area contributed by atoms with E-state index in [1.165, 1.54) is 6.20 Å². The third-order valence-corrected chi connectivity index (χ3v) is 6.92. The SMILES string of the molecule is O=C(Nc1ccc(-n2ccnc2P(=O)(O)c2ccccc2)cc1)c1cc2ccccc2o1. The topological polar surface area (TPSA) is 97.4 Å². The van der Waals surface area contributed by atoms with Gasteiger partial charge in [0.05, 0.1) is 0 Å². The Morgan fingerprint density at radius 3 is 2.44 bits per heavy atom. The first kappa shape index (κ1) is 20.0. The van der Waals surface area contributed by atoms with Crippen LogP contribution < -0.4 is 16.2 Å². The molecule has 0 radical (unpaired) electrons. The summed E-state index contributed by atoms with van der Waals surface area (Å²) in [7, 11) is -3.87. The molecule has 32 heavy (non-hydrogen) atoms. The van der Waals surface area contributed by atoms with Crippen LogP contribution in [0.25, 0.3) is 16.7 Å². The molecular formula is C24H18N3O4P. The van der Waals surface area contributed by atoms with Crippen LogP contribution in [0.15, 0.2) is 102 Å². The Labute approximate surface area is 183 Å². The van der Waals surface area contributed by atoms with Crippen molar-refractivity contribution in [1.29, 1.82) is 0 Å². The van der Waals surface area contributed by atoms with Crippen molar-refractivity contribution in [2.75, 3.05) is 5.32 Å². The number of furan rings is 1. The number of carbonyl (C=O) groups excluding carboxylic acids is 1. The number of para-hydroxylation sites is 1. The maximum absolute atomic E-state index is 13.1. The second-order valence-electron chi connectivity index (χ2n) is 7.16. The second-order valence-corrected chi connectivity index (χ2v) is 9.23. The first-order valence-electron chi connectivity index (χ1n) is 9.85. The lowest BCUT2D eigenvalue weighted by atomic mass is 10.2. The van der Waals surface area contributed by atoms with Crippen molar-refractivity contribution in [3.63, 3.8) is 0 Å². The average Bonchev–Trinajstić information content (AvgIpc) is 3.48. The first-order chi connectivity index (χ1) is 15.5. The van der Waals surface area contributed by atoms with Gasteiger partial charge in [-0.1, -0.05) is 36.4 Å². The first-order valence-corrected chi connectivity index (χ1v) is 11.5. The van der Waals surface area contributed by atoms with E-state index >= 15 is 0 Å². The fourth-order valence-corrected chi connectivity index (χ4v) is 4.96. The minimum atomic E-state index is -3.87. The van der Waals surface area contributed by atoms with Gasteiger partial charge in [-0.15, -0.1) is 0 Å². The Kier molecular flexibility index (Phi) is 4.98. The van der Waals surface area contributed by atoms with E-state index in [-0.39, 0.29) is 17.2 Å². The molecule has 5 aromatic rings. The number of benzene rings is 3. The van der Waals surface area contributed by atoms with Crippen molar-refractivity contribution < 1.29 is 18.7 Å². The summed E-state index contributed by atoms with van der Waals surface area (Å²) < 4.78 is 20.3. The van der Waals surface area contributed by atoms with Crippen LogP contribution in [-0.2, 0) is 4.57 Å². The van der Waals surface area contributed by atoms with Crippen LogP contribution in [0.1, 0.15) is 10.6 Å². The van der Waals surface area contributed by atoms with E-state index in [0.29, 0.717) is 22.3 Å². The summed E-state index contributed by atoms with van der Waals surface area (Å²) in [6.45, 7) is 0. The highest BCUT2D eigenvalue weighted by Crippen LogP contribution is 2.37. The fraction of sp³-hybridized carbons (Fsp3) is 0. The number of hydrogen-bond acceptors (Lipinski definition) is 4. The molecule has 1 unspecified atom stereocenters. The van der Waals surface area contributed by atoms with Crippen LogP contribution in [0.5, 0.6) is 0 Å². The molecule has 2 N–H and O–H groups in total. The molecule has 8 heteroatoms. The van der Waals surface area contributed by atoms with E-state index < -0.39 is 7.37 Å².